The molecule has 2 heterocycles. The van der Waals surface area contributed by atoms with Gasteiger partial charge in [-0.1, -0.05) is 18.2 Å². The quantitative estimate of drug-likeness (QED) is 0.747. The summed E-state index contributed by atoms with van der Waals surface area (Å²) in [6.07, 6.45) is 3.54. The molecule has 1 aromatic carbocycles. The van der Waals surface area contributed by atoms with Gasteiger partial charge < -0.3 is 5.32 Å². The van der Waals surface area contributed by atoms with Gasteiger partial charge in [-0.3, -0.25) is 5.10 Å². The lowest BCUT2D eigenvalue weighted by molar-refractivity contribution is 1.09. The number of H-pyrrole nitrogens is 1. The number of aromatic amines is 1. The second-order valence-corrected chi connectivity index (χ2v) is 4.15. The Kier molecular flexibility index (Phi) is 2.83. The van der Waals surface area contributed by atoms with Crippen LogP contribution in [0.4, 0.5) is 5.82 Å². The lowest BCUT2D eigenvalue weighted by atomic mass is 10.1. The first-order valence-electron chi connectivity index (χ1n) is 5.88. The van der Waals surface area contributed by atoms with E-state index in [1.807, 2.05) is 30.3 Å². The SMILES string of the molecule is N#Cc1cc2ccccc2nc1NCc1cn[nH]c1. The van der Waals surface area contributed by atoms with Crippen LogP contribution in [0.25, 0.3) is 10.9 Å². The first kappa shape index (κ1) is 11.2. The van der Waals surface area contributed by atoms with Gasteiger partial charge in [0.15, 0.2) is 0 Å². The Morgan fingerprint density at radius 3 is 3.00 bits per heavy atom. The van der Waals surface area contributed by atoms with Crippen molar-refractivity contribution in [2.24, 2.45) is 0 Å². The highest BCUT2D eigenvalue weighted by Crippen LogP contribution is 2.20. The lowest BCUT2D eigenvalue weighted by Crippen LogP contribution is -2.03. The third-order valence-electron chi connectivity index (χ3n) is 2.86. The van der Waals surface area contributed by atoms with Crippen LogP contribution in [-0.2, 0) is 6.54 Å². The van der Waals surface area contributed by atoms with Crippen LogP contribution in [0.2, 0.25) is 0 Å². The maximum Gasteiger partial charge on any atom is 0.144 e. The van der Waals surface area contributed by atoms with Crippen LogP contribution in [0.5, 0.6) is 0 Å². The highest BCUT2D eigenvalue weighted by molar-refractivity contribution is 5.82. The van der Waals surface area contributed by atoms with E-state index in [1.165, 1.54) is 0 Å². The number of hydrogen-bond donors (Lipinski definition) is 2. The van der Waals surface area contributed by atoms with Gasteiger partial charge in [0.05, 0.1) is 17.3 Å². The van der Waals surface area contributed by atoms with Crippen molar-refractivity contribution in [1.29, 1.82) is 5.26 Å². The molecule has 0 aliphatic heterocycles. The van der Waals surface area contributed by atoms with Crippen LogP contribution in [0, 0.1) is 11.3 Å². The zero-order valence-corrected chi connectivity index (χ0v) is 10.1. The smallest absolute Gasteiger partial charge is 0.144 e. The van der Waals surface area contributed by atoms with Crippen LogP contribution < -0.4 is 5.32 Å². The summed E-state index contributed by atoms with van der Waals surface area (Å²) in [4.78, 5) is 4.48. The van der Waals surface area contributed by atoms with E-state index < -0.39 is 0 Å². The van der Waals surface area contributed by atoms with Gasteiger partial charge in [-0.25, -0.2) is 4.98 Å². The Morgan fingerprint density at radius 2 is 2.21 bits per heavy atom. The second-order valence-electron chi connectivity index (χ2n) is 4.15. The highest BCUT2D eigenvalue weighted by Gasteiger charge is 2.06. The molecule has 2 aromatic heterocycles. The van der Waals surface area contributed by atoms with E-state index in [4.69, 9.17) is 0 Å². The lowest BCUT2D eigenvalue weighted by Gasteiger charge is -2.07. The topological polar surface area (TPSA) is 77.4 Å². The summed E-state index contributed by atoms with van der Waals surface area (Å²) in [7, 11) is 0. The highest BCUT2D eigenvalue weighted by atomic mass is 15.1. The minimum absolute atomic E-state index is 0.544. The molecule has 0 saturated heterocycles. The van der Waals surface area contributed by atoms with Crippen molar-refractivity contribution in [2.75, 3.05) is 5.32 Å². The fourth-order valence-corrected chi connectivity index (χ4v) is 1.90. The molecule has 0 bridgehead atoms. The first-order valence-corrected chi connectivity index (χ1v) is 5.88. The molecule has 0 radical (unpaired) electrons. The number of rotatable bonds is 3. The number of nitrogens with one attached hydrogen (secondary N) is 2. The van der Waals surface area contributed by atoms with Gasteiger partial charge in [-0.05, 0) is 12.1 Å². The molecule has 5 heteroatoms. The number of nitriles is 1. The Bertz CT molecular complexity index is 740. The van der Waals surface area contributed by atoms with Gasteiger partial charge in [0, 0.05) is 23.7 Å². The normalized spacial score (nSPS) is 10.3. The van der Waals surface area contributed by atoms with Gasteiger partial charge in [0.2, 0.25) is 0 Å². The Balaban J connectivity index is 1.95. The van der Waals surface area contributed by atoms with E-state index in [2.05, 4.69) is 26.6 Å². The van der Waals surface area contributed by atoms with Gasteiger partial charge >= 0.3 is 0 Å². The molecule has 0 unspecified atom stereocenters. The molecule has 0 aliphatic carbocycles. The molecular formula is C14H11N5. The van der Waals surface area contributed by atoms with Gasteiger partial charge in [-0.2, -0.15) is 10.4 Å². The zero-order chi connectivity index (χ0) is 13.1. The molecule has 92 valence electrons. The van der Waals surface area contributed by atoms with Crippen molar-refractivity contribution >= 4 is 16.7 Å². The van der Waals surface area contributed by atoms with Crippen LogP contribution in [0.3, 0.4) is 0 Å². The predicted molar refractivity (Wildman–Crippen MR) is 72.4 cm³/mol. The summed E-state index contributed by atoms with van der Waals surface area (Å²) in [6, 6.07) is 11.8. The van der Waals surface area contributed by atoms with E-state index in [9.17, 15) is 5.26 Å². The van der Waals surface area contributed by atoms with Crippen molar-refractivity contribution in [3.8, 4) is 6.07 Å². The zero-order valence-electron chi connectivity index (χ0n) is 10.1. The van der Waals surface area contributed by atoms with E-state index in [-0.39, 0.29) is 0 Å². The van der Waals surface area contributed by atoms with E-state index in [1.54, 1.807) is 12.4 Å². The first-order chi connectivity index (χ1) is 9.36. The molecule has 2 N–H and O–H groups in total. The molecular weight excluding hydrogens is 238 g/mol. The number of pyridine rings is 1. The Labute approximate surface area is 109 Å². The summed E-state index contributed by atoms with van der Waals surface area (Å²) in [5, 5.41) is 19.9. The summed E-state index contributed by atoms with van der Waals surface area (Å²) >= 11 is 0. The van der Waals surface area contributed by atoms with Crippen molar-refractivity contribution in [1.82, 2.24) is 15.2 Å². The van der Waals surface area contributed by atoms with Gasteiger partial charge in [0.25, 0.3) is 0 Å². The van der Waals surface area contributed by atoms with Gasteiger partial charge in [0.1, 0.15) is 11.9 Å². The summed E-state index contributed by atoms with van der Waals surface area (Å²) in [5.41, 5.74) is 2.43. The molecule has 0 atom stereocenters. The number of benzene rings is 1. The molecule has 0 saturated carbocycles. The maximum atomic E-state index is 9.19. The molecule has 5 nitrogen and oxygen atoms in total. The molecule has 0 fully saturated rings. The standard InChI is InChI=1S/C14H11N5/c15-6-12-5-11-3-1-2-4-13(11)19-14(12)16-7-10-8-17-18-9-10/h1-5,8-9H,7H2,(H,16,19)(H,17,18). The van der Waals surface area contributed by atoms with E-state index >= 15 is 0 Å². The Morgan fingerprint density at radius 1 is 1.32 bits per heavy atom. The molecule has 0 amide bonds. The third kappa shape index (κ3) is 2.24. The molecule has 0 aliphatic rings. The number of hydrogen-bond acceptors (Lipinski definition) is 4. The fourth-order valence-electron chi connectivity index (χ4n) is 1.90. The van der Waals surface area contributed by atoms with Crippen LogP contribution in [-0.4, -0.2) is 15.2 Å². The number of nitrogens with zero attached hydrogens (tertiary/aromatic N) is 3. The number of para-hydroxylation sites is 1. The van der Waals surface area contributed by atoms with Gasteiger partial charge in [-0.15, -0.1) is 0 Å². The van der Waals surface area contributed by atoms with Crippen molar-refractivity contribution < 1.29 is 0 Å². The maximum absolute atomic E-state index is 9.19. The number of anilines is 1. The second kappa shape index (κ2) is 4.78. The molecule has 19 heavy (non-hydrogen) atoms. The van der Waals surface area contributed by atoms with Crippen LogP contribution in [0.15, 0.2) is 42.7 Å². The fraction of sp³-hybridized carbons (Fsp3) is 0.0714. The summed E-state index contributed by atoms with van der Waals surface area (Å²) in [6.45, 7) is 0.580. The molecule has 3 aromatic rings. The minimum Gasteiger partial charge on any atom is -0.365 e. The van der Waals surface area contributed by atoms with Crippen molar-refractivity contribution in [3.05, 3.63) is 53.9 Å². The van der Waals surface area contributed by atoms with E-state index in [0.717, 1.165) is 16.5 Å². The largest absolute Gasteiger partial charge is 0.365 e. The summed E-state index contributed by atoms with van der Waals surface area (Å²) in [5.74, 6) is 0.599. The molecule has 0 spiro atoms. The number of aromatic nitrogens is 3. The van der Waals surface area contributed by atoms with Crippen molar-refractivity contribution in [2.45, 2.75) is 6.54 Å². The average molecular weight is 249 g/mol. The van der Waals surface area contributed by atoms with Crippen LogP contribution >= 0.6 is 0 Å². The predicted octanol–water partition coefficient (Wildman–Crippen LogP) is 2.44. The monoisotopic (exact) mass is 249 g/mol. The molecule has 3 rings (SSSR count). The third-order valence-corrected chi connectivity index (χ3v) is 2.86. The minimum atomic E-state index is 0.544. The summed E-state index contributed by atoms with van der Waals surface area (Å²) < 4.78 is 0. The van der Waals surface area contributed by atoms with Crippen molar-refractivity contribution in [3.63, 3.8) is 0 Å². The van der Waals surface area contributed by atoms with Crippen LogP contribution in [0.1, 0.15) is 11.1 Å². The Hall–Kier alpha value is -2.87. The number of fused-ring (bicyclic) bond motifs is 1. The average Bonchev–Trinajstić information content (AvgIpc) is 2.97. The van der Waals surface area contributed by atoms with E-state index in [0.29, 0.717) is 17.9 Å².